The Balaban J connectivity index is 1.46. The van der Waals surface area contributed by atoms with Gasteiger partial charge in [-0.1, -0.05) is 11.8 Å². The first kappa shape index (κ1) is 29.0. The van der Waals surface area contributed by atoms with Gasteiger partial charge >= 0.3 is 5.97 Å². The lowest BCUT2D eigenvalue weighted by atomic mass is 10.0. The Kier molecular flexibility index (Phi) is 9.33. The van der Waals surface area contributed by atoms with Gasteiger partial charge in [-0.15, -0.1) is 11.3 Å². The highest BCUT2D eigenvalue weighted by atomic mass is 32.1. The van der Waals surface area contributed by atoms with Crippen molar-refractivity contribution in [3.63, 3.8) is 0 Å². The van der Waals surface area contributed by atoms with E-state index in [1.807, 2.05) is 19.2 Å². The molecule has 0 bridgehead atoms. The molecule has 0 saturated carbocycles. The molecule has 10 nitrogen and oxygen atoms in total. The van der Waals surface area contributed by atoms with Crippen LogP contribution in [0.15, 0.2) is 52.1 Å². The highest BCUT2D eigenvalue weighted by molar-refractivity contribution is 7.11. The SMILES string of the molecule is COC(=O)C1=C(CN2CCN(C)C(CN(C=O)C(C)(C)C#Cc3ccc(C#N)cc3)C2)NC(c2nccs2)=NC1. The number of esters is 1. The maximum absolute atomic E-state index is 12.5. The number of ether oxygens (including phenoxy) is 1. The van der Waals surface area contributed by atoms with E-state index in [1.165, 1.54) is 18.4 Å². The van der Waals surface area contributed by atoms with Crippen LogP contribution >= 0.6 is 11.3 Å². The van der Waals surface area contributed by atoms with E-state index in [0.29, 0.717) is 36.6 Å². The third-order valence-corrected chi connectivity index (χ3v) is 7.90. The zero-order chi connectivity index (χ0) is 28.7. The van der Waals surface area contributed by atoms with E-state index in [4.69, 9.17) is 10.00 Å². The van der Waals surface area contributed by atoms with Gasteiger partial charge in [-0.3, -0.25) is 19.6 Å². The van der Waals surface area contributed by atoms with E-state index in [9.17, 15) is 9.59 Å². The molecular formula is C29H33N7O3S. The number of hydrogen-bond donors (Lipinski definition) is 1. The molecule has 208 valence electrons. The number of nitriles is 1. The molecule has 1 unspecified atom stereocenters. The maximum Gasteiger partial charge on any atom is 0.337 e. The topological polar surface area (TPSA) is 114 Å². The number of piperazine rings is 1. The van der Waals surface area contributed by atoms with E-state index < -0.39 is 11.5 Å². The molecule has 2 aliphatic rings. The largest absolute Gasteiger partial charge is 0.466 e. The summed E-state index contributed by atoms with van der Waals surface area (Å²) in [7, 11) is 3.44. The summed E-state index contributed by atoms with van der Waals surface area (Å²) < 4.78 is 5.03. The molecule has 1 amide bonds. The number of carbonyl (C=O) groups excluding carboxylic acids is 2. The number of methoxy groups -OCH3 is 1. The fraction of sp³-hybridized carbons (Fsp3) is 0.414. The second-order valence-corrected chi connectivity index (χ2v) is 11.1. The van der Waals surface area contributed by atoms with Gasteiger partial charge in [0.1, 0.15) is 0 Å². The lowest BCUT2D eigenvalue weighted by Gasteiger charge is -2.43. The zero-order valence-corrected chi connectivity index (χ0v) is 24.0. The summed E-state index contributed by atoms with van der Waals surface area (Å²) in [5.74, 6) is 6.62. The van der Waals surface area contributed by atoms with Crippen LogP contribution < -0.4 is 5.32 Å². The number of amidine groups is 1. The summed E-state index contributed by atoms with van der Waals surface area (Å²) in [4.78, 5) is 39.9. The molecule has 1 atom stereocenters. The number of nitrogens with one attached hydrogen (secondary N) is 1. The van der Waals surface area contributed by atoms with E-state index in [0.717, 1.165) is 35.8 Å². The van der Waals surface area contributed by atoms with Crippen LogP contribution in [0.2, 0.25) is 0 Å². The number of benzene rings is 1. The predicted octanol–water partition coefficient (Wildman–Crippen LogP) is 1.70. The molecule has 2 aromatic rings. The molecule has 1 aromatic heterocycles. The third-order valence-electron chi connectivity index (χ3n) is 7.12. The predicted molar refractivity (Wildman–Crippen MR) is 153 cm³/mol. The molecule has 0 radical (unpaired) electrons. The summed E-state index contributed by atoms with van der Waals surface area (Å²) in [6.45, 7) is 7.41. The minimum atomic E-state index is -0.705. The van der Waals surface area contributed by atoms with E-state index in [2.05, 4.69) is 50.1 Å². The standard InChI is InChI=1S/C29H33N7O3S/c1-29(2,10-9-21-5-7-22(15-30)8-6-21)36(20-37)18-23-17-35(13-12-34(23)3)19-25-24(28(38)39-4)16-32-26(33-25)27-31-11-14-40-27/h5-8,11,14,20,23H,12-13,16-19H2,1-4H3,(H,32,33). The van der Waals surface area contributed by atoms with Gasteiger partial charge in [-0.05, 0) is 45.2 Å². The second kappa shape index (κ2) is 12.9. The van der Waals surface area contributed by atoms with E-state index >= 15 is 0 Å². The number of nitrogens with zero attached hydrogens (tertiary/aromatic N) is 6. The molecular weight excluding hydrogens is 526 g/mol. The fourth-order valence-corrected chi connectivity index (χ4v) is 5.15. The van der Waals surface area contributed by atoms with Crippen molar-refractivity contribution in [2.24, 2.45) is 4.99 Å². The Bertz CT molecular complexity index is 1380. The van der Waals surface area contributed by atoms with Crippen LogP contribution in [0.1, 0.15) is 30.0 Å². The van der Waals surface area contributed by atoms with Crippen LogP contribution in [0, 0.1) is 23.2 Å². The molecule has 1 N–H and O–H groups in total. The maximum atomic E-state index is 12.5. The Labute approximate surface area is 238 Å². The quantitative estimate of drug-likeness (QED) is 0.295. The monoisotopic (exact) mass is 559 g/mol. The molecule has 2 aliphatic heterocycles. The van der Waals surface area contributed by atoms with Crippen LogP contribution in [0.25, 0.3) is 0 Å². The number of hydrogen-bond acceptors (Lipinski definition) is 10. The van der Waals surface area contributed by atoms with Crippen molar-refractivity contribution in [1.29, 1.82) is 5.26 Å². The molecule has 1 aromatic carbocycles. The van der Waals surface area contributed by atoms with Crippen molar-refractivity contribution in [2.75, 3.05) is 53.4 Å². The molecule has 4 rings (SSSR count). The van der Waals surface area contributed by atoms with E-state index in [-0.39, 0.29) is 12.6 Å². The highest BCUT2D eigenvalue weighted by Gasteiger charge is 2.32. The summed E-state index contributed by atoms with van der Waals surface area (Å²) in [6.07, 6.45) is 2.58. The van der Waals surface area contributed by atoms with Gasteiger partial charge in [0.15, 0.2) is 10.8 Å². The average molecular weight is 560 g/mol. The molecule has 0 spiro atoms. The number of likely N-dealkylation sites (N-methyl/N-ethyl adjacent to an activating group) is 1. The Morgan fingerprint density at radius 1 is 1.30 bits per heavy atom. The molecule has 11 heteroatoms. The van der Waals surface area contributed by atoms with Crippen LogP contribution in [0.4, 0.5) is 0 Å². The number of rotatable bonds is 8. The number of thiazole rings is 1. The first-order valence-corrected chi connectivity index (χ1v) is 13.8. The van der Waals surface area contributed by atoms with E-state index in [1.54, 1.807) is 35.4 Å². The first-order chi connectivity index (χ1) is 19.2. The van der Waals surface area contributed by atoms with Crippen LogP contribution in [-0.4, -0.2) is 103 Å². The normalized spacial score (nSPS) is 18.1. The molecule has 1 fully saturated rings. The second-order valence-electron chi connectivity index (χ2n) is 10.2. The Morgan fingerprint density at radius 3 is 2.70 bits per heavy atom. The number of aliphatic imine (C=N–C) groups is 1. The summed E-state index contributed by atoms with van der Waals surface area (Å²) in [5.41, 5.74) is 1.93. The van der Waals surface area contributed by atoms with Crippen molar-refractivity contribution in [1.82, 2.24) is 25.0 Å². The van der Waals surface area contributed by atoms with Crippen molar-refractivity contribution >= 4 is 29.6 Å². The lowest BCUT2D eigenvalue weighted by Crippen LogP contribution is -2.58. The Morgan fingerprint density at radius 2 is 2.05 bits per heavy atom. The van der Waals surface area contributed by atoms with Crippen molar-refractivity contribution in [3.8, 4) is 17.9 Å². The number of carbonyl (C=O) groups is 2. The van der Waals surface area contributed by atoms with Gasteiger partial charge in [-0.2, -0.15) is 5.26 Å². The van der Waals surface area contributed by atoms with Crippen LogP contribution in [0.3, 0.4) is 0 Å². The average Bonchev–Trinajstić information content (AvgIpc) is 3.51. The van der Waals surface area contributed by atoms with Gasteiger partial charge in [0.05, 0.1) is 36.4 Å². The Hall–Kier alpha value is -4.03. The number of aromatic nitrogens is 1. The minimum Gasteiger partial charge on any atom is -0.466 e. The van der Waals surface area contributed by atoms with Crippen molar-refractivity contribution < 1.29 is 14.3 Å². The van der Waals surface area contributed by atoms with Gasteiger partial charge in [0.25, 0.3) is 0 Å². The van der Waals surface area contributed by atoms with Crippen molar-refractivity contribution in [3.05, 3.63) is 63.2 Å². The third kappa shape index (κ3) is 6.93. The minimum absolute atomic E-state index is 0.0628. The van der Waals surface area contributed by atoms with Gasteiger partial charge in [0, 0.05) is 61.6 Å². The van der Waals surface area contributed by atoms with Gasteiger partial charge < -0.3 is 15.0 Å². The molecule has 3 heterocycles. The fourth-order valence-electron chi connectivity index (χ4n) is 4.55. The van der Waals surface area contributed by atoms with Crippen LogP contribution in [-0.2, 0) is 14.3 Å². The summed E-state index contributed by atoms with van der Waals surface area (Å²) in [5, 5.41) is 15.0. The van der Waals surface area contributed by atoms with Gasteiger partial charge in [-0.25, -0.2) is 9.78 Å². The number of amides is 1. The smallest absolute Gasteiger partial charge is 0.337 e. The van der Waals surface area contributed by atoms with Crippen LogP contribution in [0.5, 0.6) is 0 Å². The molecule has 40 heavy (non-hydrogen) atoms. The molecule has 1 saturated heterocycles. The van der Waals surface area contributed by atoms with Gasteiger partial charge in [0.2, 0.25) is 6.41 Å². The first-order valence-electron chi connectivity index (χ1n) is 12.9. The molecule has 0 aliphatic carbocycles. The summed E-state index contributed by atoms with van der Waals surface area (Å²) >= 11 is 1.48. The summed E-state index contributed by atoms with van der Waals surface area (Å²) in [6, 6.07) is 9.24. The zero-order valence-electron chi connectivity index (χ0n) is 23.2. The van der Waals surface area contributed by atoms with Crippen molar-refractivity contribution in [2.45, 2.75) is 25.4 Å². The highest BCUT2D eigenvalue weighted by Crippen LogP contribution is 2.20. The lowest BCUT2D eigenvalue weighted by molar-refractivity contribution is -0.136.